The first kappa shape index (κ1) is 24.0. The molecule has 0 N–H and O–H groups in total. The number of amides is 2. The van der Waals surface area contributed by atoms with Crippen LogP contribution in [0.2, 0.25) is 0 Å². The van der Waals surface area contributed by atoms with Crippen molar-refractivity contribution in [3.8, 4) is 11.8 Å². The van der Waals surface area contributed by atoms with Gasteiger partial charge in [0.15, 0.2) is 0 Å². The molecule has 3 heterocycles. The zero-order chi connectivity index (χ0) is 24.1. The third kappa shape index (κ3) is 5.65. The van der Waals surface area contributed by atoms with Crippen molar-refractivity contribution in [1.82, 2.24) is 14.8 Å². The lowest BCUT2D eigenvalue weighted by Gasteiger charge is -2.29. The van der Waals surface area contributed by atoms with Gasteiger partial charge in [0, 0.05) is 42.4 Å². The van der Waals surface area contributed by atoms with Crippen LogP contribution in [0.15, 0.2) is 35.7 Å². The molecule has 7 nitrogen and oxygen atoms in total. The zero-order valence-corrected chi connectivity index (χ0v) is 20.3. The topological polar surface area (TPSA) is 79.8 Å². The average molecular weight is 480 g/mol. The van der Waals surface area contributed by atoms with Crippen LogP contribution >= 0.6 is 11.3 Å². The van der Waals surface area contributed by atoms with E-state index in [9.17, 15) is 14.4 Å². The molecule has 0 saturated carbocycles. The Labute approximate surface area is 204 Å². The van der Waals surface area contributed by atoms with Gasteiger partial charge in [0.2, 0.25) is 0 Å². The van der Waals surface area contributed by atoms with Crippen molar-refractivity contribution in [3.63, 3.8) is 0 Å². The second kappa shape index (κ2) is 10.8. The van der Waals surface area contributed by atoms with Gasteiger partial charge in [-0.3, -0.25) is 9.59 Å². The number of aromatic nitrogens is 1. The number of hydrogen-bond donors (Lipinski definition) is 0. The Morgan fingerprint density at radius 1 is 1.09 bits per heavy atom. The SMILES string of the molecule is CC(C)OC(=O)C1CCCN1C(=O)c1csc(C2CCN(C(=O)C#Cc3ccccc3)CC2)n1. The molecule has 2 aliphatic heterocycles. The minimum atomic E-state index is -0.536. The van der Waals surface area contributed by atoms with Gasteiger partial charge in [-0.15, -0.1) is 11.3 Å². The Balaban J connectivity index is 1.33. The molecule has 2 aliphatic rings. The standard InChI is InChI=1S/C26H29N3O4S/c1-18(2)33-26(32)22-9-6-14-29(22)25(31)21-17-34-24(27-21)20-12-15-28(16-13-20)23(30)11-10-19-7-4-3-5-8-19/h3-5,7-8,17-18,20,22H,6,9,12-16H2,1-2H3. The van der Waals surface area contributed by atoms with Crippen LogP contribution < -0.4 is 0 Å². The molecule has 1 atom stereocenters. The quantitative estimate of drug-likeness (QED) is 0.496. The molecule has 0 aliphatic carbocycles. The molecular formula is C26H29N3O4S. The molecule has 34 heavy (non-hydrogen) atoms. The van der Waals surface area contributed by atoms with E-state index in [1.54, 1.807) is 29.0 Å². The van der Waals surface area contributed by atoms with Crippen molar-refractivity contribution < 1.29 is 19.1 Å². The number of nitrogens with zero attached hydrogens (tertiary/aromatic N) is 3. The van der Waals surface area contributed by atoms with E-state index in [-0.39, 0.29) is 29.8 Å². The van der Waals surface area contributed by atoms with Crippen LogP contribution in [0.25, 0.3) is 0 Å². The summed E-state index contributed by atoms with van der Waals surface area (Å²) in [5.41, 5.74) is 1.21. The smallest absolute Gasteiger partial charge is 0.329 e. The minimum absolute atomic E-state index is 0.161. The fourth-order valence-corrected chi connectivity index (χ4v) is 5.31. The fourth-order valence-electron chi connectivity index (χ4n) is 4.34. The zero-order valence-electron chi connectivity index (χ0n) is 19.5. The number of ether oxygens (including phenoxy) is 1. The molecule has 2 fully saturated rings. The summed E-state index contributed by atoms with van der Waals surface area (Å²) in [5, 5.41) is 2.69. The van der Waals surface area contributed by atoms with E-state index < -0.39 is 6.04 Å². The van der Waals surface area contributed by atoms with Crippen LogP contribution in [0.4, 0.5) is 0 Å². The van der Waals surface area contributed by atoms with Gasteiger partial charge in [-0.1, -0.05) is 24.1 Å². The first-order valence-electron chi connectivity index (χ1n) is 11.7. The van der Waals surface area contributed by atoms with Crippen LogP contribution in [0.1, 0.15) is 66.5 Å². The first-order valence-corrected chi connectivity index (χ1v) is 12.6. The van der Waals surface area contributed by atoms with Gasteiger partial charge >= 0.3 is 5.97 Å². The lowest BCUT2D eigenvalue weighted by molar-refractivity contribution is -0.152. The van der Waals surface area contributed by atoms with E-state index in [2.05, 4.69) is 16.8 Å². The Morgan fingerprint density at radius 3 is 2.53 bits per heavy atom. The second-order valence-corrected chi connectivity index (χ2v) is 9.79. The van der Waals surface area contributed by atoms with Crippen LogP contribution in [0.3, 0.4) is 0 Å². The highest BCUT2D eigenvalue weighted by Gasteiger charge is 2.37. The van der Waals surface area contributed by atoms with Crippen molar-refractivity contribution in [1.29, 1.82) is 0 Å². The molecule has 0 spiro atoms. The highest BCUT2D eigenvalue weighted by molar-refractivity contribution is 7.09. The summed E-state index contributed by atoms with van der Waals surface area (Å²) in [7, 11) is 0. The number of piperidine rings is 1. The summed E-state index contributed by atoms with van der Waals surface area (Å²) in [4.78, 5) is 45.9. The molecule has 0 radical (unpaired) electrons. The molecule has 178 valence electrons. The molecular weight excluding hydrogens is 450 g/mol. The van der Waals surface area contributed by atoms with Crippen LogP contribution in [-0.2, 0) is 14.3 Å². The Kier molecular flexibility index (Phi) is 7.63. The number of rotatable bonds is 4. The lowest BCUT2D eigenvalue weighted by atomic mass is 9.97. The van der Waals surface area contributed by atoms with E-state index in [1.807, 2.05) is 30.3 Å². The molecule has 0 bridgehead atoms. The van der Waals surface area contributed by atoms with Crippen molar-refractivity contribution in [3.05, 3.63) is 52.0 Å². The predicted octanol–water partition coefficient (Wildman–Crippen LogP) is 3.46. The number of benzene rings is 1. The van der Waals surface area contributed by atoms with Crippen LogP contribution in [0, 0.1) is 11.8 Å². The summed E-state index contributed by atoms with van der Waals surface area (Å²) in [6.45, 7) is 5.38. The Morgan fingerprint density at radius 2 is 1.82 bits per heavy atom. The normalized spacial score (nSPS) is 18.5. The van der Waals surface area contributed by atoms with E-state index in [0.29, 0.717) is 31.7 Å². The summed E-state index contributed by atoms with van der Waals surface area (Å²) in [6.07, 6.45) is 2.76. The number of thiazole rings is 1. The van der Waals surface area contributed by atoms with Gasteiger partial charge in [-0.25, -0.2) is 9.78 Å². The fraction of sp³-hybridized carbons (Fsp3) is 0.462. The minimum Gasteiger partial charge on any atom is -0.461 e. The van der Waals surface area contributed by atoms with E-state index in [4.69, 9.17) is 4.74 Å². The highest BCUT2D eigenvalue weighted by atomic mass is 32.1. The number of carbonyl (C=O) groups is 3. The van der Waals surface area contributed by atoms with Crippen LogP contribution in [0.5, 0.6) is 0 Å². The molecule has 2 amide bonds. The van der Waals surface area contributed by atoms with Gasteiger partial charge in [-0.2, -0.15) is 0 Å². The van der Waals surface area contributed by atoms with Crippen molar-refractivity contribution in [2.75, 3.05) is 19.6 Å². The Bertz CT molecular complexity index is 1090. The van der Waals surface area contributed by atoms with Gasteiger partial charge in [-0.05, 0) is 51.7 Å². The third-order valence-corrected chi connectivity index (χ3v) is 7.10. The second-order valence-electron chi connectivity index (χ2n) is 8.90. The van der Waals surface area contributed by atoms with E-state index in [1.165, 1.54) is 11.3 Å². The lowest BCUT2D eigenvalue weighted by Crippen LogP contribution is -2.42. The number of esters is 1. The van der Waals surface area contributed by atoms with Gasteiger partial charge in [0.25, 0.3) is 11.8 Å². The highest BCUT2D eigenvalue weighted by Crippen LogP contribution is 2.31. The van der Waals surface area contributed by atoms with Gasteiger partial charge < -0.3 is 14.5 Å². The monoisotopic (exact) mass is 479 g/mol. The number of carbonyl (C=O) groups excluding carboxylic acids is 3. The maximum Gasteiger partial charge on any atom is 0.329 e. The van der Waals surface area contributed by atoms with Gasteiger partial charge in [0.1, 0.15) is 11.7 Å². The number of hydrogen-bond acceptors (Lipinski definition) is 6. The van der Waals surface area contributed by atoms with Crippen molar-refractivity contribution in [2.24, 2.45) is 0 Å². The largest absolute Gasteiger partial charge is 0.461 e. The molecule has 1 unspecified atom stereocenters. The molecule has 8 heteroatoms. The third-order valence-electron chi connectivity index (χ3n) is 6.10. The summed E-state index contributed by atoms with van der Waals surface area (Å²) in [6, 6.07) is 8.94. The molecule has 2 aromatic rings. The molecule has 1 aromatic heterocycles. The maximum absolute atomic E-state index is 13.1. The summed E-state index contributed by atoms with van der Waals surface area (Å²) < 4.78 is 5.33. The Hall–Kier alpha value is -3.18. The first-order chi connectivity index (χ1) is 16.4. The van der Waals surface area contributed by atoms with E-state index >= 15 is 0 Å². The number of likely N-dealkylation sites (tertiary alicyclic amines) is 2. The maximum atomic E-state index is 13.1. The van der Waals surface area contributed by atoms with Crippen LogP contribution in [-0.4, -0.2) is 64.3 Å². The van der Waals surface area contributed by atoms with Gasteiger partial charge in [0.05, 0.1) is 11.1 Å². The average Bonchev–Trinajstić information content (AvgIpc) is 3.53. The van der Waals surface area contributed by atoms with E-state index in [0.717, 1.165) is 29.8 Å². The molecule has 1 aromatic carbocycles. The van der Waals surface area contributed by atoms with Crippen molar-refractivity contribution in [2.45, 2.75) is 57.6 Å². The predicted molar refractivity (Wildman–Crippen MR) is 129 cm³/mol. The molecule has 4 rings (SSSR count). The molecule has 2 saturated heterocycles. The van der Waals surface area contributed by atoms with Crippen molar-refractivity contribution >= 4 is 29.1 Å². The summed E-state index contributed by atoms with van der Waals surface area (Å²) >= 11 is 1.47. The summed E-state index contributed by atoms with van der Waals surface area (Å²) in [5.74, 6) is 5.14.